The summed E-state index contributed by atoms with van der Waals surface area (Å²) in [5.41, 5.74) is 7.35. The molecule has 1 amide bonds. The van der Waals surface area contributed by atoms with E-state index in [-0.39, 0.29) is 5.91 Å². The van der Waals surface area contributed by atoms with Crippen LogP contribution in [0, 0.1) is 5.92 Å². The van der Waals surface area contributed by atoms with E-state index in [9.17, 15) is 4.79 Å². The Kier molecular flexibility index (Phi) is 3.44. The Hall–Kier alpha value is -1.51. The number of nitrogens with two attached hydrogens (primary N) is 1. The van der Waals surface area contributed by atoms with Gasteiger partial charge in [0.05, 0.1) is 6.42 Å². The number of hydrogen-bond acceptors (Lipinski definition) is 2. The van der Waals surface area contributed by atoms with Crippen molar-refractivity contribution in [2.45, 2.75) is 25.7 Å². The lowest BCUT2D eigenvalue weighted by Gasteiger charge is -2.25. The summed E-state index contributed by atoms with van der Waals surface area (Å²) in [6, 6.07) is 7.49. The van der Waals surface area contributed by atoms with E-state index < -0.39 is 0 Å². The monoisotopic (exact) mass is 218 g/mol. The summed E-state index contributed by atoms with van der Waals surface area (Å²) in [5.74, 6) is 0.808. The van der Waals surface area contributed by atoms with Crippen molar-refractivity contribution >= 4 is 11.6 Å². The van der Waals surface area contributed by atoms with Gasteiger partial charge in [-0.1, -0.05) is 18.6 Å². The molecule has 0 saturated heterocycles. The van der Waals surface area contributed by atoms with E-state index in [4.69, 9.17) is 5.73 Å². The molecule has 0 radical (unpaired) electrons. The lowest BCUT2D eigenvalue weighted by Crippen LogP contribution is -2.33. The van der Waals surface area contributed by atoms with Crippen LogP contribution >= 0.6 is 0 Å². The summed E-state index contributed by atoms with van der Waals surface area (Å²) >= 11 is 0. The van der Waals surface area contributed by atoms with E-state index in [1.165, 1.54) is 19.3 Å². The molecule has 86 valence electrons. The molecule has 1 aliphatic rings. The van der Waals surface area contributed by atoms with Gasteiger partial charge in [0, 0.05) is 12.2 Å². The first-order valence-electron chi connectivity index (χ1n) is 5.85. The van der Waals surface area contributed by atoms with Crippen LogP contribution in [0.15, 0.2) is 24.3 Å². The fourth-order valence-corrected chi connectivity index (χ4v) is 1.91. The fraction of sp³-hybridized carbons (Fsp3) is 0.462. The first kappa shape index (κ1) is 11.0. The molecule has 0 aliphatic heterocycles. The van der Waals surface area contributed by atoms with Crippen LogP contribution < -0.4 is 11.1 Å². The van der Waals surface area contributed by atoms with Crippen molar-refractivity contribution in [3.05, 3.63) is 29.8 Å². The number of hydrogen-bond donors (Lipinski definition) is 2. The predicted octanol–water partition coefficient (Wildman–Crippen LogP) is 1.73. The summed E-state index contributed by atoms with van der Waals surface area (Å²) in [5, 5.41) is 2.97. The number of carbonyl (C=O) groups excluding carboxylic acids is 1. The third-order valence-electron chi connectivity index (χ3n) is 3.13. The van der Waals surface area contributed by atoms with Crippen molar-refractivity contribution in [2.24, 2.45) is 5.92 Å². The van der Waals surface area contributed by atoms with Crippen molar-refractivity contribution in [1.82, 2.24) is 5.32 Å². The highest BCUT2D eigenvalue weighted by Gasteiger charge is 2.17. The van der Waals surface area contributed by atoms with Crippen molar-refractivity contribution in [3.8, 4) is 0 Å². The van der Waals surface area contributed by atoms with Gasteiger partial charge in [0.1, 0.15) is 0 Å². The molecule has 1 aliphatic carbocycles. The van der Waals surface area contributed by atoms with E-state index >= 15 is 0 Å². The van der Waals surface area contributed by atoms with Crippen LogP contribution in [0.3, 0.4) is 0 Å². The summed E-state index contributed by atoms with van der Waals surface area (Å²) in [6.07, 6.45) is 4.27. The summed E-state index contributed by atoms with van der Waals surface area (Å²) in [7, 11) is 0. The Morgan fingerprint density at radius 2 is 2.25 bits per heavy atom. The van der Waals surface area contributed by atoms with Crippen LogP contribution in [0.25, 0.3) is 0 Å². The number of nitrogen functional groups attached to an aromatic ring is 1. The lowest BCUT2D eigenvalue weighted by atomic mass is 9.85. The zero-order valence-corrected chi connectivity index (χ0v) is 9.41. The van der Waals surface area contributed by atoms with Crippen LogP contribution in [0.2, 0.25) is 0 Å². The number of amides is 1. The Balaban J connectivity index is 1.77. The molecule has 0 aromatic heterocycles. The quantitative estimate of drug-likeness (QED) is 0.756. The molecule has 0 spiro atoms. The highest BCUT2D eigenvalue weighted by atomic mass is 16.1. The molecule has 0 bridgehead atoms. The number of benzene rings is 1. The number of rotatable bonds is 4. The molecular weight excluding hydrogens is 200 g/mol. The van der Waals surface area contributed by atoms with E-state index in [1.807, 2.05) is 24.3 Å². The van der Waals surface area contributed by atoms with Crippen LogP contribution in [-0.2, 0) is 11.2 Å². The zero-order chi connectivity index (χ0) is 11.4. The molecule has 16 heavy (non-hydrogen) atoms. The Morgan fingerprint density at radius 3 is 2.88 bits per heavy atom. The maximum absolute atomic E-state index is 11.6. The van der Waals surface area contributed by atoms with Gasteiger partial charge < -0.3 is 11.1 Å². The molecule has 3 heteroatoms. The SMILES string of the molecule is Nc1cccc(CC(=O)NCC2CCC2)c1. The summed E-state index contributed by atoms with van der Waals surface area (Å²) in [4.78, 5) is 11.6. The highest BCUT2D eigenvalue weighted by Crippen LogP contribution is 2.25. The molecule has 0 unspecified atom stereocenters. The molecule has 1 aromatic rings. The maximum atomic E-state index is 11.6. The normalized spacial score (nSPS) is 15.5. The third kappa shape index (κ3) is 2.99. The van der Waals surface area contributed by atoms with Gasteiger partial charge >= 0.3 is 0 Å². The van der Waals surface area contributed by atoms with Gasteiger partial charge in [-0.2, -0.15) is 0 Å². The average Bonchev–Trinajstić information content (AvgIpc) is 2.15. The molecular formula is C13H18N2O. The summed E-state index contributed by atoms with van der Waals surface area (Å²) < 4.78 is 0. The van der Waals surface area contributed by atoms with E-state index in [0.29, 0.717) is 18.0 Å². The number of anilines is 1. The molecule has 1 saturated carbocycles. The van der Waals surface area contributed by atoms with E-state index in [2.05, 4.69) is 5.32 Å². The molecule has 2 rings (SSSR count). The van der Waals surface area contributed by atoms with Gasteiger partial charge in [-0.3, -0.25) is 4.79 Å². The molecule has 0 heterocycles. The number of carbonyl (C=O) groups is 1. The highest BCUT2D eigenvalue weighted by molar-refractivity contribution is 5.78. The van der Waals surface area contributed by atoms with Crippen LogP contribution in [-0.4, -0.2) is 12.5 Å². The van der Waals surface area contributed by atoms with Crippen molar-refractivity contribution in [2.75, 3.05) is 12.3 Å². The zero-order valence-electron chi connectivity index (χ0n) is 9.41. The van der Waals surface area contributed by atoms with Gasteiger partial charge in [0.15, 0.2) is 0 Å². The standard InChI is InChI=1S/C13H18N2O/c14-12-6-2-5-11(7-12)8-13(16)15-9-10-3-1-4-10/h2,5-7,10H,1,3-4,8-9,14H2,(H,15,16). The molecule has 1 aromatic carbocycles. The topological polar surface area (TPSA) is 55.1 Å². The maximum Gasteiger partial charge on any atom is 0.224 e. The molecule has 3 N–H and O–H groups in total. The van der Waals surface area contributed by atoms with Crippen molar-refractivity contribution in [3.63, 3.8) is 0 Å². The third-order valence-corrected chi connectivity index (χ3v) is 3.13. The minimum Gasteiger partial charge on any atom is -0.399 e. The molecule has 0 atom stereocenters. The Morgan fingerprint density at radius 1 is 1.44 bits per heavy atom. The van der Waals surface area contributed by atoms with Gasteiger partial charge in [-0.05, 0) is 36.5 Å². The Labute approximate surface area is 96.0 Å². The second-order valence-corrected chi connectivity index (χ2v) is 4.52. The van der Waals surface area contributed by atoms with Gasteiger partial charge in [-0.25, -0.2) is 0 Å². The van der Waals surface area contributed by atoms with E-state index in [0.717, 1.165) is 12.1 Å². The average molecular weight is 218 g/mol. The number of nitrogens with one attached hydrogen (secondary N) is 1. The first-order chi connectivity index (χ1) is 7.74. The largest absolute Gasteiger partial charge is 0.399 e. The van der Waals surface area contributed by atoms with Crippen LogP contribution in [0.5, 0.6) is 0 Å². The lowest BCUT2D eigenvalue weighted by molar-refractivity contribution is -0.120. The summed E-state index contributed by atoms with van der Waals surface area (Å²) in [6.45, 7) is 0.834. The fourth-order valence-electron chi connectivity index (χ4n) is 1.91. The smallest absolute Gasteiger partial charge is 0.224 e. The second kappa shape index (κ2) is 5.01. The van der Waals surface area contributed by atoms with E-state index in [1.54, 1.807) is 0 Å². The van der Waals surface area contributed by atoms with Crippen LogP contribution in [0.4, 0.5) is 5.69 Å². The minimum atomic E-state index is 0.0949. The molecule has 3 nitrogen and oxygen atoms in total. The van der Waals surface area contributed by atoms with Gasteiger partial charge in [0.25, 0.3) is 0 Å². The van der Waals surface area contributed by atoms with Crippen molar-refractivity contribution < 1.29 is 4.79 Å². The van der Waals surface area contributed by atoms with Gasteiger partial charge in [0.2, 0.25) is 5.91 Å². The first-order valence-corrected chi connectivity index (χ1v) is 5.85. The molecule has 1 fully saturated rings. The minimum absolute atomic E-state index is 0.0949. The Bertz CT molecular complexity index is 372. The van der Waals surface area contributed by atoms with Crippen LogP contribution in [0.1, 0.15) is 24.8 Å². The van der Waals surface area contributed by atoms with Gasteiger partial charge in [-0.15, -0.1) is 0 Å². The van der Waals surface area contributed by atoms with Crippen molar-refractivity contribution in [1.29, 1.82) is 0 Å². The second-order valence-electron chi connectivity index (χ2n) is 4.52. The predicted molar refractivity (Wildman–Crippen MR) is 64.9 cm³/mol.